The van der Waals surface area contributed by atoms with Crippen molar-refractivity contribution in [3.63, 3.8) is 0 Å². The highest BCUT2D eigenvalue weighted by Gasteiger charge is 2.36. The van der Waals surface area contributed by atoms with E-state index >= 15 is 0 Å². The Balaban J connectivity index is 1.87. The number of likely N-dealkylation sites (N-methyl/N-ethyl adjacent to an activating group) is 1. The Bertz CT molecular complexity index is 489. The molecule has 1 aromatic carbocycles. The van der Waals surface area contributed by atoms with E-state index in [4.69, 9.17) is 4.74 Å². The molecule has 0 aromatic heterocycles. The van der Waals surface area contributed by atoms with Crippen molar-refractivity contribution in [1.29, 1.82) is 0 Å². The lowest BCUT2D eigenvalue weighted by molar-refractivity contribution is -0.122. The standard InChI is InChI=1S/C16H22N2O2/c1-17-14-11-20-10-13(14)16(19)18-9-5-4-7-12-6-2-3-8-15(12)18/h2-3,6,8,13-14,17H,4-5,7,9-11H2,1H3. The van der Waals surface area contributed by atoms with Crippen LogP contribution in [-0.2, 0) is 16.0 Å². The Kier molecular flexibility index (Phi) is 4.03. The molecule has 0 saturated carbocycles. The smallest absolute Gasteiger partial charge is 0.234 e. The van der Waals surface area contributed by atoms with Gasteiger partial charge in [0.15, 0.2) is 0 Å². The third-order valence-electron chi connectivity index (χ3n) is 4.39. The molecular weight excluding hydrogens is 252 g/mol. The maximum Gasteiger partial charge on any atom is 0.234 e. The van der Waals surface area contributed by atoms with Gasteiger partial charge in [-0.25, -0.2) is 0 Å². The Hall–Kier alpha value is -1.39. The molecule has 4 nitrogen and oxygen atoms in total. The molecule has 20 heavy (non-hydrogen) atoms. The summed E-state index contributed by atoms with van der Waals surface area (Å²) >= 11 is 0. The number of hydrogen-bond acceptors (Lipinski definition) is 3. The highest BCUT2D eigenvalue weighted by molar-refractivity contribution is 5.96. The molecule has 1 aromatic rings. The van der Waals surface area contributed by atoms with Crippen LogP contribution in [0.25, 0.3) is 0 Å². The molecule has 108 valence electrons. The van der Waals surface area contributed by atoms with E-state index in [1.165, 1.54) is 5.56 Å². The van der Waals surface area contributed by atoms with Crippen molar-refractivity contribution in [3.8, 4) is 0 Å². The molecule has 4 heteroatoms. The average Bonchev–Trinajstić information content (AvgIpc) is 2.86. The Morgan fingerprint density at radius 2 is 2.15 bits per heavy atom. The highest BCUT2D eigenvalue weighted by Crippen LogP contribution is 2.29. The summed E-state index contributed by atoms with van der Waals surface area (Å²) in [4.78, 5) is 14.9. The van der Waals surface area contributed by atoms with E-state index in [1.807, 2.05) is 18.0 Å². The van der Waals surface area contributed by atoms with Crippen molar-refractivity contribution in [2.75, 3.05) is 31.7 Å². The van der Waals surface area contributed by atoms with Gasteiger partial charge in [-0.2, -0.15) is 0 Å². The normalized spacial score (nSPS) is 26.1. The zero-order chi connectivity index (χ0) is 13.9. The molecule has 3 rings (SSSR count). The van der Waals surface area contributed by atoms with Crippen LogP contribution < -0.4 is 10.2 Å². The quantitative estimate of drug-likeness (QED) is 0.890. The van der Waals surface area contributed by atoms with Crippen molar-refractivity contribution in [3.05, 3.63) is 29.8 Å². The Morgan fingerprint density at radius 3 is 3.00 bits per heavy atom. The monoisotopic (exact) mass is 274 g/mol. The lowest BCUT2D eigenvalue weighted by atomic mass is 10.0. The van der Waals surface area contributed by atoms with Gasteiger partial charge in [-0.3, -0.25) is 4.79 Å². The van der Waals surface area contributed by atoms with Gasteiger partial charge in [0.25, 0.3) is 0 Å². The minimum Gasteiger partial charge on any atom is -0.379 e. The maximum atomic E-state index is 12.9. The third kappa shape index (κ3) is 2.45. The maximum absolute atomic E-state index is 12.9. The molecule has 1 saturated heterocycles. The van der Waals surface area contributed by atoms with Crippen LogP contribution in [-0.4, -0.2) is 38.8 Å². The number of rotatable bonds is 2. The molecule has 0 bridgehead atoms. The molecule has 2 aliphatic heterocycles. The van der Waals surface area contributed by atoms with Crippen LogP contribution in [0, 0.1) is 5.92 Å². The van der Waals surface area contributed by atoms with Crippen LogP contribution in [0.3, 0.4) is 0 Å². The zero-order valence-electron chi connectivity index (χ0n) is 12.0. The van der Waals surface area contributed by atoms with E-state index in [0.29, 0.717) is 13.2 Å². The number of aryl methyl sites for hydroxylation is 1. The average molecular weight is 274 g/mol. The summed E-state index contributed by atoms with van der Waals surface area (Å²) in [6.45, 7) is 1.98. The number of nitrogens with zero attached hydrogens (tertiary/aromatic N) is 1. The molecule has 0 spiro atoms. The minimum atomic E-state index is -0.0637. The fourth-order valence-corrected chi connectivity index (χ4v) is 3.20. The molecule has 1 N–H and O–H groups in total. The first-order valence-electron chi connectivity index (χ1n) is 7.45. The largest absolute Gasteiger partial charge is 0.379 e. The van der Waals surface area contributed by atoms with Crippen molar-refractivity contribution in [1.82, 2.24) is 5.32 Å². The van der Waals surface area contributed by atoms with Gasteiger partial charge in [-0.1, -0.05) is 18.2 Å². The Morgan fingerprint density at radius 1 is 1.30 bits per heavy atom. The first-order chi connectivity index (χ1) is 9.81. The fourth-order valence-electron chi connectivity index (χ4n) is 3.20. The van der Waals surface area contributed by atoms with Gasteiger partial charge in [0.2, 0.25) is 5.91 Å². The molecular formula is C16H22N2O2. The number of nitrogens with one attached hydrogen (secondary N) is 1. The highest BCUT2D eigenvalue weighted by atomic mass is 16.5. The Labute approximate surface area is 120 Å². The molecule has 2 heterocycles. The van der Waals surface area contributed by atoms with Crippen LogP contribution in [0.5, 0.6) is 0 Å². The fraction of sp³-hybridized carbons (Fsp3) is 0.562. The lowest BCUT2D eigenvalue weighted by Gasteiger charge is -2.27. The van der Waals surface area contributed by atoms with E-state index in [9.17, 15) is 4.79 Å². The molecule has 0 aliphatic carbocycles. The van der Waals surface area contributed by atoms with Gasteiger partial charge in [0.1, 0.15) is 0 Å². The first-order valence-corrected chi connectivity index (χ1v) is 7.45. The van der Waals surface area contributed by atoms with Gasteiger partial charge in [-0.05, 0) is 37.9 Å². The number of para-hydroxylation sites is 1. The number of ether oxygens (including phenoxy) is 1. The summed E-state index contributed by atoms with van der Waals surface area (Å²) in [6, 6.07) is 8.43. The second-order valence-corrected chi connectivity index (χ2v) is 5.61. The van der Waals surface area contributed by atoms with Crippen molar-refractivity contribution < 1.29 is 9.53 Å². The molecule has 2 aliphatic rings. The number of hydrogen-bond donors (Lipinski definition) is 1. The zero-order valence-corrected chi connectivity index (χ0v) is 12.0. The summed E-state index contributed by atoms with van der Waals surface area (Å²) in [7, 11) is 1.90. The van der Waals surface area contributed by atoms with E-state index in [2.05, 4.69) is 23.5 Å². The topological polar surface area (TPSA) is 41.6 Å². The van der Waals surface area contributed by atoms with Crippen molar-refractivity contribution in [2.45, 2.75) is 25.3 Å². The number of anilines is 1. The minimum absolute atomic E-state index is 0.0637. The second-order valence-electron chi connectivity index (χ2n) is 5.61. The second kappa shape index (κ2) is 5.94. The SMILES string of the molecule is CNC1COCC1C(=O)N1CCCCc2ccccc21. The summed E-state index contributed by atoms with van der Waals surface area (Å²) in [5.41, 5.74) is 2.38. The number of carbonyl (C=O) groups excluding carboxylic acids is 1. The molecule has 2 atom stereocenters. The predicted molar refractivity (Wildman–Crippen MR) is 78.9 cm³/mol. The van der Waals surface area contributed by atoms with E-state index < -0.39 is 0 Å². The molecule has 1 fully saturated rings. The van der Waals surface area contributed by atoms with E-state index in [-0.39, 0.29) is 17.9 Å². The van der Waals surface area contributed by atoms with Crippen LogP contribution in [0.2, 0.25) is 0 Å². The van der Waals surface area contributed by atoms with Crippen LogP contribution >= 0.6 is 0 Å². The van der Waals surface area contributed by atoms with E-state index in [0.717, 1.165) is 31.5 Å². The molecule has 0 radical (unpaired) electrons. The van der Waals surface area contributed by atoms with Crippen molar-refractivity contribution >= 4 is 11.6 Å². The third-order valence-corrected chi connectivity index (χ3v) is 4.39. The summed E-state index contributed by atoms with van der Waals surface area (Å²) in [5.74, 6) is 0.141. The lowest BCUT2D eigenvalue weighted by Crippen LogP contribution is -2.45. The summed E-state index contributed by atoms with van der Waals surface area (Å²) in [5, 5.41) is 3.20. The number of benzene rings is 1. The van der Waals surface area contributed by atoms with Gasteiger partial charge >= 0.3 is 0 Å². The van der Waals surface area contributed by atoms with Crippen LogP contribution in [0.1, 0.15) is 18.4 Å². The number of fused-ring (bicyclic) bond motifs is 1. The van der Waals surface area contributed by atoms with Gasteiger partial charge in [0, 0.05) is 18.3 Å². The van der Waals surface area contributed by atoms with E-state index in [1.54, 1.807) is 0 Å². The number of carbonyl (C=O) groups is 1. The van der Waals surface area contributed by atoms with Crippen LogP contribution in [0.15, 0.2) is 24.3 Å². The molecule has 2 unspecified atom stereocenters. The van der Waals surface area contributed by atoms with Gasteiger partial charge < -0.3 is 15.0 Å². The van der Waals surface area contributed by atoms with Crippen LogP contribution in [0.4, 0.5) is 5.69 Å². The summed E-state index contributed by atoms with van der Waals surface area (Å²) < 4.78 is 5.48. The number of amides is 1. The summed E-state index contributed by atoms with van der Waals surface area (Å²) in [6.07, 6.45) is 3.28. The predicted octanol–water partition coefficient (Wildman–Crippen LogP) is 1.59. The van der Waals surface area contributed by atoms with Gasteiger partial charge in [0.05, 0.1) is 19.1 Å². The van der Waals surface area contributed by atoms with Gasteiger partial charge in [-0.15, -0.1) is 0 Å². The van der Waals surface area contributed by atoms with Crippen molar-refractivity contribution in [2.24, 2.45) is 5.92 Å². The molecule has 1 amide bonds. The first kappa shape index (κ1) is 13.6.